The molecular formula is C15H15F3N4O. The number of aryl methyl sites for hydroxylation is 1. The van der Waals surface area contributed by atoms with Gasteiger partial charge in [-0.25, -0.2) is 4.68 Å². The number of nitrogens with zero attached hydrogens (tertiary/aromatic N) is 2. The van der Waals surface area contributed by atoms with E-state index < -0.39 is 24.2 Å². The normalized spacial score (nSPS) is 20.7. The van der Waals surface area contributed by atoms with E-state index in [-0.39, 0.29) is 17.9 Å². The first kappa shape index (κ1) is 15.4. The molecule has 2 aromatic rings. The monoisotopic (exact) mass is 324 g/mol. The van der Waals surface area contributed by atoms with Gasteiger partial charge in [-0.2, -0.15) is 18.3 Å². The van der Waals surface area contributed by atoms with Gasteiger partial charge in [-0.05, 0) is 12.5 Å². The van der Waals surface area contributed by atoms with Gasteiger partial charge < -0.3 is 11.1 Å². The highest BCUT2D eigenvalue weighted by molar-refractivity contribution is 5.91. The van der Waals surface area contributed by atoms with Crippen LogP contribution < -0.4 is 11.1 Å². The molecule has 1 aliphatic rings. The fraction of sp³-hybridized carbons (Fsp3) is 0.333. The maximum absolute atomic E-state index is 13.4. The van der Waals surface area contributed by atoms with Crippen LogP contribution in [0.5, 0.6) is 0 Å². The number of carbonyl (C=O) groups is 1. The fourth-order valence-electron chi connectivity index (χ4n) is 2.71. The summed E-state index contributed by atoms with van der Waals surface area (Å²) >= 11 is 0. The van der Waals surface area contributed by atoms with Crippen LogP contribution >= 0.6 is 0 Å². The van der Waals surface area contributed by atoms with Crippen LogP contribution in [-0.4, -0.2) is 21.9 Å². The molecule has 0 unspecified atom stereocenters. The molecule has 1 aromatic heterocycles. The third-order valence-corrected chi connectivity index (χ3v) is 3.92. The van der Waals surface area contributed by atoms with E-state index in [4.69, 9.17) is 5.73 Å². The summed E-state index contributed by atoms with van der Waals surface area (Å²) in [7, 11) is 0. The molecule has 5 nitrogen and oxygen atoms in total. The Morgan fingerprint density at radius 1 is 1.35 bits per heavy atom. The molecule has 1 aromatic carbocycles. The number of fused-ring (bicyclic) bond motifs is 1. The molecule has 0 radical (unpaired) electrons. The summed E-state index contributed by atoms with van der Waals surface area (Å²) in [6.45, 7) is 1.91. The third-order valence-electron chi connectivity index (χ3n) is 3.92. The number of benzene rings is 1. The molecule has 2 heterocycles. The summed E-state index contributed by atoms with van der Waals surface area (Å²) in [5, 5.41) is 6.70. The van der Waals surface area contributed by atoms with Crippen LogP contribution in [0.2, 0.25) is 0 Å². The van der Waals surface area contributed by atoms with E-state index in [9.17, 15) is 18.0 Å². The van der Waals surface area contributed by atoms with Crippen LogP contribution in [-0.2, 0) is 0 Å². The number of hydrogen-bond acceptors (Lipinski definition) is 3. The van der Waals surface area contributed by atoms with E-state index in [0.29, 0.717) is 0 Å². The average molecular weight is 324 g/mol. The summed E-state index contributed by atoms with van der Waals surface area (Å²) in [5.74, 6) is -0.723. The zero-order chi connectivity index (χ0) is 16.8. The maximum Gasteiger partial charge on any atom is 0.410 e. The van der Waals surface area contributed by atoms with Crippen molar-refractivity contribution in [2.45, 2.75) is 31.6 Å². The number of halogens is 3. The first-order valence-corrected chi connectivity index (χ1v) is 7.05. The van der Waals surface area contributed by atoms with Crippen molar-refractivity contribution in [3.63, 3.8) is 0 Å². The van der Waals surface area contributed by atoms with Crippen LogP contribution in [0.1, 0.15) is 40.1 Å². The lowest BCUT2D eigenvalue weighted by Crippen LogP contribution is -2.35. The van der Waals surface area contributed by atoms with Crippen molar-refractivity contribution in [3.05, 3.63) is 47.2 Å². The summed E-state index contributed by atoms with van der Waals surface area (Å²) in [4.78, 5) is 11.2. The van der Waals surface area contributed by atoms with E-state index in [2.05, 4.69) is 10.4 Å². The standard InChI is InChI=1S/C15H15F3N4O/c1-8-2-4-9(5-3-8)10-6-12(15(16,17)18)22-13(20-10)7-11(21-22)14(19)23/h2-5,7,10,12,20H,6H2,1H3,(H2,19,23)/t10-,12-/m0/s1. The first-order valence-electron chi connectivity index (χ1n) is 7.05. The molecule has 8 heteroatoms. The molecule has 0 spiro atoms. The molecule has 23 heavy (non-hydrogen) atoms. The number of anilines is 1. The van der Waals surface area contributed by atoms with Gasteiger partial charge in [0.15, 0.2) is 11.7 Å². The number of hydrogen-bond donors (Lipinski definition) is 2. The van der Waals surface area contributed by atoms with Gasteiger partial charge in [0, 0.05) is 12.5 Å². The molecule has 122 valence electrons. The quantitative estimate of drug-likeness (QED) is 0.892. The van der Waals surface area contributed by atoms with Crippen molar-refractivity contribution in [3.8, 4) is 0 Å². The number of nitrogens with one attached hydrogen (secondary N) is 1. The lowest BCUT2D eigenvalue weighted by molar-refractivity contribution is -0.173. The van der Waals surface area contributed by atoms with Gasteiger partial charge in [0.2, 0.25) is 0 Å². The van der Waals surface area contributed by atoms with E-state index in [1.807, 2.05) is 19.1 Å². The van der Waals surface area contributed by atoms with Crippen molar-refractivity contribution in [1.29, 1.82) is 0 Å². The number of amides is 1. The number of carbonyl (C=O) groups excluding carboxylic acids is 1. The predicted molar refractivity (Wildman–Crippen MR) is 78.0 cm³/mol. The highest BCUT2D eigenvalue weighted by Crippen LogP contribution is 2.43. The molecular weight excluding hydrogens is 309 g/mol. The van der Waals surface area contributed by atoms with E-state index in [1.165, 1.54) is 6.07 Å². The molecule has 0 saturated heterocycles. The number of alkyl halides is 3. The number of primary amides is 1. The SMILES string of the molecule is Cc1ccc([C@@H]2C[C@@H](C(F)(F)F)n3nc(C(N)=O)cc3N2)cc1. The largest absolute Gasteiger partial charge is 0.410 e. The second kappa shape index (κ2) is 5.29. The molecule has 3 rings (SSSR count). The molecule has 1 aliphatic heterocycles. The summed E-state index contributed by atoms with van der Waals surface area (Å²) in [5.41, 5.74) is 6.70. The highest BCUT2D eigenvalue weighted by atomic mass is 19.4. The van der Waals surface area contributed by atoms with Crippen LogP contribution in [0.15, 0.2) is 30.3 Å². The molecule has 1 amide bonds. The smallest absolute Gasteiger partial charge is 0.364 e. The van der Waals surface area contributed by atoms with Crippen LogP contribution in [0.4, 0.5) is 19.0 Å². The van der Waals surface area contributed by atoms with Gasteiger partial charge in [-0.15, -0.1) is 0 Å². The third kappa shape index (κ3) is 2.88. The number of rotatable bonds is 2. The minimum absolute atomic E-state index is 0.137. The molecule has 0 saturated carbocycles. The maximum atomic E-state index is 13.4. The molecule has 0 bridgehead atoms. The van der Waals surface area contributed by atoms with Gasteiger partial charge in [0.25, 0.3) is 5.91 Å². The Labute approximate surface area is 130 Å². The van der Waals surface area contributed by atoms with Crippen LogP contribution in [0, 0.1) is 6.92 Å². The lowest BCUT2D eigenvalue weighted by atomic mass is 9.96. The Balaban J connectivity index is 2.01. The highest BCUT2D eigenvalue weighted by Gasteiger charge is 2.46. The van der Waals surface area contributed by atoms with Crippen molar-refractivity contribution < 1.29 is 18.0 Å². The fourth-order valence-corrected chi connectivity index (χ4v) is 2.71. The van der Waals surface area contributed by atoms with Crippen LogP contribution in [0.25, 0.3) is 0 Å². The lowest BCUT2D eigenvalue weighted by Gasteiger charge is -2.33. The first-order chi connectivity index (χ1) is 10.8. The average Bonchev–Trinajstić information content (AvgIpc) is 2.90. The second-order valence-corrected chi connectivity index (χ2v) is 5.62. The number of aromatic nitrogens is 2. The van der Waals surface area contributed by atoms with Crippen molar-refractivity contribution in [1.82, 2.24) is 9.78 Å². The van der Waals surface area contributed by atoms with Crippen molar-refractivity contribution in [2.75, 3.05) is 5.32 Å². The van der Waals surface area contributed by atoms with E-state index >= 15 is 0 Å². The topological polar surface area (TPSA) is 72.9 Å². The molecule has 0 aliphatic carbocycles. The Bertz CT molecular complexity index is 736. The minimum atomic E-state index is -4.47. The van der Waals surface area contributed by atoms with Gasteiger partial charge >= 0.3 is 6.18 Å². The Morgan fingerprint density at radius 3 is 2.57 bits per heavy atom. The van der Waals surface area contributed by atoms with Crippen LogP contribution in [0.3, 0.4) is 0 Å². The van der Waals surface area contributed by atoms with Crippen molar-refractivity contribution in [2.24, 2.45) is 5.73 Å². The van der Waals surface area contributed by atoms with Gasteiger partial charge in [-0.1, -0.05) is 29.8 Å². The summed E-state index contributed by atoms with van der Waals surface area (Å²) < 4.78 is 40.9. The number of nitrogens with two attached hydrogens (primary N) is 1. The molecule has 3 N–H and O–H groups in total. The summed E-state index contributed by atoms with van der Waals surface area (Å²) in [6, 6.07) is 6.20. The van der Waals surface area contributed by atoms with Gasteiger partial charge in [0.05, 0.1) is 6.04 Å². The predicted octanol–water partition coefficient (Wildman–Crippen LogP) is 2.95. The van der Waals surface area contributed by atoms with E-state index in [1.54, 1.807) is 12.1 Å². The Morgan fingerprint density at radius 2 is 2.00 bits per heavy atom. The Hall–Kier alpha value is -2.51. The summed E-state index contributed by atoms with van der Waals surface area (Å²) in [6.07, 6.45) is -4.68. The second-order valence-electron chi connectivity index (χ2n) is 5.62. The van der Waals surface area contributed by atoms with E-state index in [0.717, 1.165) is 15.8 Å². The molecule has 0 fully saturated rings. The Kier molecular flexibility index (Phi) is 3.54. The van der Waals surface area contributed by atoms with Gasteiger partial charge in [0.1, 0.15) is 5.82 Å². The van der Waals surface area contributed by atoms with Crippen molar-refractivity contribution >= 4 is 11.7 Å². The zero-order valence-electron chi connectivity index (χ0n) is 12.3. The molecule has 2 atom stereocenters. The van der Waals surface area contributed by atoms with Gasteiger partial charge in [-0.3, -0.25) is 4.79 Å². The minimum Gasteiger partial charge on any atom is -0.364 e. The zero-order valence-corrected chi connectivity index (χ0v) is 12.3.